The van der Waals surface area contributed by atoms with E-state index in [0.717, 1.165) is 18.2 Å². The lowest BCUT2D eigenvalue weighted by Gasteiger charge is -2.15. The van der Waals surface area contributed by atoms with Crippen LogP contribution in [0.3, 0.4) is 0 Å². The first-order chi connectivity index (χ1) is 9.99. The van der Waals surface area contributed by atoms with Gasteiger partial charge in [-0.15, -0.1) is 0 Å². The molecule has 0 aliphatic heterocycles. The number of carboxylic acids is 1. The molecule has 0 unspecified atom stereocenters. The van der Waals surface area contributed by atoms with Gasteiger partial charge in [0.1, 0.15) is 11.6 Å². The smallest absolute Gasteiger partial charge is 0.331 e. The zero-order valence-electron chi connectivity index (χ0n) is 10.7. The Morgan fingerprint density at radius 2 is 1.76 bits per heavy atom. The highest BCUT2D eigenvalue weighted by Crippen LogP contribution is 2.18. The largest absolute Gasteiger partial charge is 0.479 e. The lowest BCUT2D eigenvalue weighted by atomic mass is 10.1. The number of hydrogen-bond donors (Lipinski definition) is 2. The van der Waals surface area contributed by atoms with Crippen LogP contribution in [-0.4, -0.2) is 17.0 Å². The summed E-state index contributed by atoms with van der Waals surface area (Å²) < 4.78 is 26.7. The van der Waals surface area contributed by atoms with Crippen molar-refractivity contribution in [3.8, 4) is 0 Å². The van der Waals surface area contributed by atoms with Crippen molar-refractivity contribution in [1.29, 1.82) is 0 Å². The van der Waals surface area contributed by atoms with Crippen LogP contribution in [0, 0.1) is 11.6 Å². The SMILES string of the molecule is O=C(N[C@H](C(=O)O)c1ccccc1F)c1cccc(F)c1. The maximum atomic E-state index is 13.6. The molecule has 0 radical (unpaired) electrons. The maximum Gasteiger partial charge on any atom is 0.331 e. The van der Waals surface area contributed by atoms with E-state index in [9.17, 15) is 18.4 Å². The predicted molar refractivity (Wildman–Crippen MR) is 70.6 cm³/mol. The standard InChI is InChI=1S/C15H11F2NO3/c16-10-5-3-4-9(8-10)14(19)18-13(15(20)21)11-6-1-2-7-12(11)17/h1-8,13H,(H,18,19)(H,20,21)/t13-/m0/s1. The molecular formula is C15H11F2NO3. The summed E-state index contributed by atoms with van der Waals surface area (Å²) in [4.78, 5) is 23.2. The van der Waals surface area contributed by atoms with Crippen molar-refractivity contribution in [2.45, 2.75) is 6.04 Å². The molecule has 0 fully saturated rings. The molecule has 2 aromatic carbocycles. The first-order valence-electron chi connectivity index (χ1n) is 6.02. The molecule has 0 aromatic heterocycles. The van der Waals surface area contributed by atoms with Gasteiger partial charge in [-0.2, -0.15) is 0 Å². The second-order valence-corrected chi connectivity index (χ2v) is 4.28. The molecule has 1 amide bonds. The number of nitrogens with one attached hydrogen (secondary N) is 1. The molecule has 2 N–H and O–H groups in total. The lowest BCUT2D eigenvalue weighted by Crippen LogP contribution is -2.34. The fourth-order valence-electron chi connectivity index (χ4n) is 1.83. The monoisotopic (exact) mass is 291 g/mol. The number of halogens is 2. The Morgan fingerprint density at radius 1 is 1.05 bits per heavy atom. The maximum absolute atomic E-state index is 13.6. The van der Waals surface area contributed by atoms with E-state index in [1.807, 2.05) is 0 Å². The van der Waals surface area contributed by atoms with Gasteiger partial charge in [-0.1, -0.05) is 24.3 Å². The summed E-state index contributed by atoms with van der Waals surface area (Å²) in [5, 5.41) is 11.3. The third kappa shape index (κ3) is 3.42. The average Bonchev–Trinajstić information content (AvgIpc) is 2.45. The first-order valence-corrected chi connectivity index (χ1v) is 6.02. The summed E-state index contributed by atoms with van der Waals surface area (Å²) in [7, 11) is 0. The lowest BCUT2D eigenvalue weighted by molar-refractivity contribution is -0.139. The van der Waals surface area contributed by atoms with Crippen molar-refractivity contribution in [3.63, 3.8) is 0 Å². The molecule has 2 rings (SSSR count). The highest BCUT2D eigenvalue weighted by atomic mass is 19.1. The van der Waals surface area contributed by atoms with Crippen molar-refractivity contribution >= 4 is 11.9 Å². The Kier molecular flexibility index (Phi) is 4.27. The highest BCUT2D eigenvalue weighted by molar-refractivity contribution is 5.96. The molecule has 0 saturated heterocycles. The Balaban J connectivity index is 2.27. The van der Waals surface area contributed by atoms with E-state index in [1.54, 1.807) is 0 Å². The molecule has 108 valence electrons. The van der Waals surface area contributed by atoms with E-state index in [1.165, 1.54) is 30.3 Å². The summed E-state index contributed by atoms with van der Waals surface area (Å²) in [5.74, 6) is -3.58. The topological polar surface area (TPSA) is 66.4 Å². The number of benzene rings is 2. The number of carbonyl (C=O) groups excluding carboxylic acids is 1. The third-order valence-corrected chi connectivity index (χ3v) is 2.83. The van der Waals surface area contributed by atoms with Gasteiger partial charge in [0, 0.05) is 11.1 Å². The zero-order chi connectivity index (χ0) is 15.4. The van der Waals surface area contributed by atoms with Crippen LogP contribution in [0.1, 0.15) is 22.0 Å². The van der Waals surface area contributed by atoms with Gasteiger partial charge in [0.15, 0.2) is 6.04 Å². The van der Waals surface area contributed by atoms with Gasteiger partial charge >= 0.3 is 5.97 Å². The summed E-state index contributed by atoms with van der Waals surface area (Å²) in [6.07, 6.45) is 0. The van der Waals surface area contributed by atoms with Crippen LogP contribution in [-0.2, 0) is 4.79 Å². The molecule has 0 bridgehead atoms. The van der Waals surface area contributed by atoms with Gasteiger partial charge in [-0.3, -0.25) is 4.79 Å². The summed E-state index contributed by atoms with van der Waals surface area (Å²) in [5.41, 5.74) is -0.215. The Morgan fingerprint density at radius 3 is 2.38 bits per heavy atom. The number of carboxylic acid groups (broad SMARTS) is 1. The van der Waals surface area contributed by atoms with Crippen LogP contribution in [0.15, 0.2) is 48.5 Å². The van der Waals surface area contributed by atoms with E-state index in [-0.39, 0.29) is 11.1 Å². The second-order valence-electron chi connectivity index (χ2n) is 4.28. The molecule has 4 nitrogen and oxygen atoms in total. The average molecular weight is 291 g/mol. The molecule has 0 spiro atoms. The van der Waals surface area contributed by atoms with Gasteiger partial charge in [-0.05, 0) is 24.3 Å². The molecule has 21 heavy (non-hydrogen) atoms. The molecule has 0 aliphatic rings. The Hall–Kier alpha value is -2.76. The van der Waals surface area contributed by atoms with Crippen molar-refractivity contribution in [1.82, 2.24) is 5.32 Å². The Bertz CT molecular complexity index is 688. The van der Waals surface area contributed by atoms with Crippen LogP contribution in [0.25, 0.3) is 0 Å². The van der Waals surface area contributed by atoms with E-state index in [2.05, 4.69) is 5.32 Å². The number of carbonyl (C=O) groups is 2. The van der Waals surface area contributed by atoms with Gasteiger partial charge in [0.2, 0.25) is 0 Å². The van der Waals surface area contributed by atoms with Gasteiger partial charge in [0.25, 0.3) is 5.91 Å². The molecule has 0 aliphatic carbocycles. The predicted octanol–water partition coefficient (Wildman–Crippen LogP) is 2.52. The number of hydrogen-bond acceptors (Lipinski definition) is 2. The van der Waals surface area contributed by atoms with Gasteiger partial charge < -0.3 is 10.4 Å². The summed E-state index contributed by atoms with van der Waals surface area (Å²) in [6.45, 7) is 0. The van der Waals surface area contributed by atoms with Crippen molar-refractivity contribution in [3.05, 3.63) is 71.3 Å². The number of aliphatic carboxylic acids is 1. The van der Waals surface area contributed by atoms with Gasteiger partial charge in [-0.25, -0.2) is 13.6 Å². The zero-order valence-corrected chi connectivity index (χ0v) is 10.7. The second kappa shape index (κ2) is 6.13. The van der Waals surface area contributed by atoms with Crippen LogP contribution < -0.4 is 5.32 Å². The summed E-state index contributed by atoms with van der Waals surface area (Å²) >= 11 is 0. The van der Waals surface area contributed by atoms with Crippen LogP contribution >= 0.6 is 0 Å². The van der Waals surface area contributed by atoms with Crippen molar-refractivity contribution in [2.75, 3.05) is 0 Å². The van der Waals surface area contributed by atoms with Crippen molar-refractivity contribution in [2.24, 2.45) is 0 Å². The van der Waals surface area contributed by atoms with Gasteiger partial charge in [0.05, 0.1) is 0 Å². The van der Waals surface area contributed by atoms with Crippen LogP contribution in [0.4, 0.5) is 8.78 Å². The van der Waals surface area contributed by atoms with Crippen molar-refractivity contribution < 1.29 is 23.5 Å². The fourth-order valence-corrected chi connectivity index (χ4v) is 1.83. The first kappa shape index (κ1) is 14.6. The fraction of sp³-hybridized carbons (Fsp3) is 0.0667. The van der Waals surface area contributed by atoms with E-state index >= 15 is 0 Å². The molecule has 0 heterocycles. The molecule has 6 heteroatoms. The molecule has 0 saturated carbocycles. The van der Waals surface area contributed by atoms with Crippen LogP contribution in [0.2, 0.25) is 0 Å². The minimum atomic E-state index is -1.55. The quantitative estimate of drug-likeness (QED) is 0.909. The molecule has 2 aromatic rings. The highest BCUT2D eigenvalue weighted by Gasteiger charge is 2.25. The van der Waals surface area contributed by atoms with Crippen LogP contribution in [0.5, 0.6) is 0 Å². The minimum Gasteiger partial charge on any atom is -0.479 e. The normalized spacial score (nSPS) is 11.7. The molecule has 1 atom stereocenters. The number of amides is 1. The van der Waals surface area contributed by atoms with E-state index in [4.69, 9.17) is 5.11 Å². The van der Waals surface area contributed by atoms with E-state index in [0.29, 0.717) is 0 Å². The number of rotatable bonds is 4. The third-order valence-electron chi connectivity index (χ3n) is 2.83. The summed E-state index contributed by atoms with van der Waals surface area (Å²) in [6, 6.07) is 8.45. The van der Waals surface area contributed by atoms with E-state index < -0.39 is 29.6 Å². The Labute approximate surface area is 119 Å². The minimum absolute atomic E-state index is 0.0439. The molecular weight excluding hydrogens is 280 g/mol.